The number of hydrogen-bond acceptors (Lipinski definition) is 1. The van der Waals surface area contributed by atoms with Gasteiger partial charge in [0.1, 0.15) is 0 Å². The van der Waals surface area contributed by atoms with Gasteiger partial charge in [0.05, 0.1) is 6.33 Å². The number of aryl methyl sites for hydroxylation is 2. The molecule has 0 aliphatic heterocycles. The molecule has 0 atom stereocenters. The fourth-order valence-electron chi connectivity index (χ4n) is 1.53. The van der Waals surface area contributed by atoms with Crippen LogP contribution < -0.4 is 0 Å². The van der Waals surface area contributed by atoms with E-state index in [2.05, 4.69) is 38.6 Å². The minimum Gasteiger partial charge on any atom is -0.354 e. The largest absolute Gasteiger partial charge is 0.354 e. The quantitative estimate of drug-likeness (QED) is 0.661. The van der Waals surface area contributed by atoms with Gasteiger partial charge < -0.3 is 9.13 Å². The lowest BCUT2D eigenvalue weighted by Crippen LogP contribution is -1.98. The summed E-state index contributed by atoms with van der Waals surface area (Å²) in [4.78, 5) is 4.01. The van der Waals surface area contributed by atoms with E-state index in [0.29, 0.717) is 0 Å². The van der Waals surface area contributed by atoms with Gasteiger partial charge in [0.25, 0.3) is 0 Å². The molecule has 0 saturated carbocycles. The summed E-state index contributed by atoms with van der Waals surface area (Å²) >= 11 is 0. The lowest BCUT2D eigenvalue weighted by Gasteiger charge is -2.03. The first-order valence-electron chi connectivity index (χ1n) is 5.01. The molecule has 3 nitrogen and oxygen atoms in total. The van der Waals surface area contributed by atoms with E-state index in [1.807, 2.05) is 18.7 Å². The molecule has 0 radical (unpaired) electrons. The Hall–Kier alpha value is -1.51. The first kappa shape index (κ1) is 9.06. The zero-order chi connectivity index (χ0) is 9.64. The second kappa shape index (κ2) is 4.65. The van der Waals surface area contributed by atoms with Gasteiger partial charge in [-0.15, -0.1) is 0 Å². The maximum Gasteiger partial charge on any atom is 0.0945 e. The van der Waals surface area contributed by atoms with E-state index in [1.165, 1.54) is 12.8 Å². The van der Waals surface area contributed by atoms with E-state index in [0.717, 1.165) is 13.1 Å². The van der Waals surface area contributed by atoms with Gasteiger partial charge in [0, 0.05) is 37.9 Å². The van der Waals surface area contributed by atoms with Crippen LogP contribution in [0.15, 0.2) is 43.2 Å². The molecule has 0 aromatic carbocycles. The van der Waals surface area contributed by atoms with E-state index in [1.54, 1.807) is 0 Å². The third-order valence-corrected chi connectivity index (χ3v) is 2.31. The molecule has 3 heteroatoms. The summed E-state index contributed by atoms with van der Waals surface area (Å²) in [5.41, 5.74) is 0. The van der Waals surface area contributed by atoms with Crippen LogP contribution in [0.5, 0.6) is 0 Å². The molecule has 0 saturated heterocycles. The van der Waals surface area contributed by atoms with Crippen molar-refractivity contribution in [2.45, 2.75) is 25.9 Å². The van der Waals surface area contributed by atoms with Gasteiger partial charge in [-0.2, -0.15) is 0 Å². The summed E-state index contributed by atoms with van der Waals surface area (Å²) < 4.78 is 4.34. The van der Waals surface area contributed by atoms with Crippen LogP contribution in [-0.2, 0) is 13.1 Å². The zero-order valence-electron chi connectivity index (χ0n) is 8.21. The highest BCUT2D eigenvalue weighted by Gasteiger charge is 1.91. The van der Waals surface area contributed by atoms with Gasteiger partial charge in [-0.1, -0.05) is 0 Å². The Labute approximate surface area is 84.0 Å². The molecule has 14 heavy (non-hydrogen) atoms. The molecule has 0 N–H and O–H groups in total. The predicted molar refractivity (Wildman–Crippen MR) is 55.9 cm³/mol. The molecule has 0 aliphatic rings. The summed E-state index contributed by atoms with van der Waals surface area (Å²) in [7, 11) is 0. The molecular formula is C11H15N3. The van der Waals surface area contributed by atoms with Crippen molar-refractivity contribution in [3.8, 4) is 0 Å². The zero-order valence-corrected chi connectivity index (χ0v) is 8.21. The molecule has 74 valence electrons. The third-order valence-electron chi connectivity index (χ3n) is 2.31. The van der Waals surface area contributed by atoms with Crippen molar-refractivity contribution in [3.63, 3.8) is 0 Å². The molecule has 0 aliphatic carbocycles. The van der Waals surface area contributed by atoms with Crippen LogP contribution in [0.2, 0.25) is 0 Å². The lowest BCUT2D eigenvalue weighted by molar-refractivity contribution is 0.554. The van der Waals surface area contributed by atoms with Gasteiger partial charge in [-0.25, -0.2) is 4.98 Å². The summed E-state index contributed by atoms with van der Waals surface area (Å²) in [5.74, 6) is 0. The maximum absolute atomic E-state index is 4.01. The van der Waals surface area contributed by atoms with Gasteiger partial charge in [-0.05, 0) is 25.0 Å². The minimum absolute atomic E-state index is 1.07. The third kappa shape index (κ3) is 2.49. The number of aromatic nitrogens is 3. The van der Waals surface area contributed by atoms with E-state index in [4.69, 9.17) is 0 Å². The van der Waals surface area contributed by atoms with Gasteiger partial charge in [-0.3, -0.25) is 0 Å². The first-order valence-corrected chi connectivity index (χ1v) is 5.01. The predicted octanol–water partition coefficient (Wildman–Crippen LogP) is 2.17. The molecule has 0 amide bonds. The Balaban J connectivity index is 1.65. The summed E-state index contributed by atoms with van der Waals surface area (Å²) in [6.45, 7) is 2.18. The molecule has 0 fully saturated rings. The van der Waals surface area contributed by atoms with Crippen LogP contribution in [0.3, 0.4) is 0 Å². The molecule has 2 rings (SSSR count). The highest BCUT2D eigenvalue weighted by atomic mass is 15.0. The highest BCUT2D eigenvalue weighted by molar-refractivity contribution is 4.89. The number of rotatable bonds is 5. The van der Waals surface area contributed by atoms with E-state index < -0.39 is 0 Å². The number of unbranched alkanes of at least 4 members (excludes halogenated alkanes) is 1. The minimum atomic E-state index is 1.07. The fraction of sp³-hybridized carbons (Fsp3) is 0.364. The van der Waals surface area contributed by atoms with E-state index >= 15 is 0 Å². The van der Waals surface area contributed by atoms with Crippen LogP contribution in [0.1, 0.15) is 12.8 Å². The van der Waals surface area contributed by atoms with Crippen LogP contribution in [-0.4, -0.2) is 14.1 Å². The molecule has 0 spiro atoms. The average molecular weight is 189 g/mol. The van der Waals surface area contributed by atoms with Crippen LogP contribution in [0.25, 0.3) is 0 Å². The molecule has 0 bridgehead atoms. The fourth-order valence-corrected chi connectivity index (χ4v) is 1.53. The Morgan fingerprint density at radius 3 is 2.21 bits per heavy atom. The second-order valence-electron chi connectivity index (χ2n) is 3.43. The molecule has 2 heterocycles. The highest BCUT2D eigenvalue weighted by Crippen LogP contribution is 1.99. The van der Waals surface area contributed by atoms with Crippen molar-refractivity contribution < 1.29 is 0 Å². The Kier molecular flexibility index (Phi) is 3.01. The van der Waals surface area contributed by atoms with Crippen molar-refractivity contribution in [1.29, 1.82) is 0 Å². The van der Waals surface area contributed by atoms with Crippen LogP contribution >= 0.6 is 0 Å². The van der Waals surface area contributed by atoms with Crippen molar-refractivity contribution in [1.82, 2.24) is 14.1 Å². The Bertz CT molecular complexity index is 298. The number of nitrogens with zero attached hydrogens (tertiary/aromatic N) is 3. The Morgan fingerprint density at radius 2 is 1.57 bits per heavy atom. The number of imidazole rings is 1. The van der Waals surface area contributed by atoms with Crippen molar-refractivity contribution in [2.75, 3.05) is 0 Å². The van der Waals surface area contributed by atoms with Crippen LogP contribution in [0.4, 0.5) is 0 Å². The SMILES string of the molecule is c1ccn(CCCCn2ccnc2)c1. The van der Waals surface area contributed by atoms with E-state index in [9.17, 15) is 0 Å². The smallest absolute Gasteiger partial charge is 0.0945 e. The van der Waals surface area contributed by atoms with Gasteiger partial charge in [0.15, 0.2) is 0 Å². The van der Waals surface area contributed by atoms with Crippen molar-refractivity contribution >= 4 is 0 Å². The number of hydrogen-bond donors (Lipinski definition) is 0. The standard InChI is InChI=1S/C11H15N3/c1-2-7-13(6-1)8-3-4-9-14-10-5-12-11-14/h1-2,5-7,10-11H,3-4,8-9H2. The summed E-state index contributed by atoms with van der Waals surface area (Å²) in [6.07, 6.45) is 12.3. The van der Waals surface area contributed by atoms with Crippen molar-refractivity contribution in [2.24, 2.45) is 0 Å². The monoisotopic (exact) mass is 189 g/mol. The normalized spacial score (nSPS) is 10.6. The lowest BCUT2D eigenvalue weighted by atomic mass is 10.3. The molecular weight excluding hydrogens is 174 g/mol. The maximum atomic E-state index is 4.01. The van der Waals surface area contributed by atoms with E-state index in [-0.39, 0.29) is 0 Å². The summed E-state index contributed by atoms with van der Waals surface area (Å²) in [6, 6.07) is 4.13. The second-order valence-corrected chi connectivity index (χ2v) is 3.43. The van der Waals surface area contributed by atoms with Gasteiger partial charge >= 0.3 is 0 Å². The molecule has 2 aromatic heterocycles. The summed E-state index contributed by atoms with van der Waals surface area (Å²) in [5, 5.41) is 0. The Morgan fingerprint density at radius 1 is 0.857 bits per heavy atom. The molecule has 2 aromatic rings. The average Bonchev–Trinajstić information content (AvgIpc) is 2.86. The topological polar surface area (TPSA) is 22.8 Å². The first-order chi connectivity index (χ1) is 6.95. The van der Waals surface area contributed by atoms with Crippen molar-refractivity contribution in [3.05, 3.63) is 43.2 Å². The molecule has 0 unspecified atom stereocenters. The van der Waals surface area contributed by atoms with Gasteiger partial charge in [0.2, 0.25) is 0 Å². The van der Waals surface area contributed by atoms with Crippen LogP contribution in [0, 0.1) is 0 Å².